The summed E-state index contributed by atoms with van der Waals surface area (Å²) in [7, 11) is 0. The quantitative estimate of drug-likeness (QED) is 0.754. The molecule has 2 aliphatic carbocycles. The first-order valence-electron chi connectivity index (χ1n) is 6.92. The lowest BCUT2D eigenvalue weighted by atomic mass is 9.66. The van der Waals surface area contributed by atoms with Crippen LogP contribution in [0.4, 0.5) is 0 Å². The van der Waals surface area contributed by atoms with Gasteiger partial charge in [-0.15, -0.1) is 0 Å². The van der Waals surface area contributed by atoms with Gasteiger partial charge in [0.15, 0.2) is 0 Å². The Morgan fingerprint density at radius 3 is 2.38 bits per heavy atom. The molecule has 2 fully saturated rings. The highest BCUT2D eigenvalue weighted by Gasteiger charge is 2.39. The van der Waals surface area contributed by atoms with Crippen LogP contribution in [0, 0.1) is 10.8 Å². The molecule has 0 amide bonds. The Hall–Kier alpha value is -0.0800. The Morgan fingerprint density at radius 1 is 1.19 bits per heavy atom. The van der Waals surface area contributed by atoms with Gasteiger partial charge in [0, 0.05) is 19.2 Å². The molecule has 94 valence electrons. The van der Waals surface area contributed by atoms with Gasteiger partial charge in [0.25, 0.3) is 0 Å². The lowest BCUT2D eigenvalue weighted by Gasteiger charge is -2.43. The normalized spacial score (nSPS) is 31.3. The van der Waals surface area contributed by atoms with Crippen LogP contribution in [0.3, 0.4) is 0 Å². The van der Waals surface area contributed by atoms with Crippen LogP contribution in [0.1, 0.15) is 58.8 Å². The van der Waals surface area contributed by atoms with Crippen molar-refractivity contribution in [2.75, 3.05) is 13.2 Å². The maximum Gasteiger partial charge on any atom is 0.0436 e. The fourth-order valence-corrected chi connectivity index (χ4v) is 3.47. The molecule has 2 saturated carbocycles. The summed E-state index contributed by atoms with van der Waals surface area (Å²) in [4.78, 5) is 0. The van der Waals surface area contributed by atoms with Crippen molar-refractivity contribution >= 4 is 0 Å². The largest absolute Gasteiger partial charge is 0.396 e. The van der Waals surface area contributed by atoms with E-state index >= 15 is 0 Å². The highest BCUT2D eigenvalue weighted by Crippen LogP contribution is 2.44. The van der Waals surface area contributed by atoms with Crippen molar-refractivity contribution < 1.29 is 5.11 Å². The van der Waals surface area contributed by atoms with Crippen molar-refractivity contribution in [1.82, 2.24) is 5.32 Å². The van der Waals surface area contributed by atoms with E-state index in [0.29, 0.717) is 23.5 Å². The van der Waals surface area contributed by atoms with Gasteiger partial charge in [0.2, 0.25) is 0 Å². The molecule has 2 rings (SSSR count). The first kappa shape index (κ1) is 12.4. The zero-order valence-electron chi connectivity index (χ0n) is 10.9. The number of hydrogen-bond donors (Lipinski definition) is 2. The molecule has 0 aromatic rings. The predicted octanol–water partition coefficient (Wildman–Crippen LogP) is 2.71. The standard InChI is InChI=1S/C14H27NO/c1-13(2)6-3-5-12(13)15-11-14(9-10-16)7-4-8-14/h12,15-16H,3-11H2,1-2H3. The van der Waals surface area contributed by atoms with Crippen molar-refractivity contribution in [2.24, 2.45) is 10.8 Å². The molecule has 2 heteroatoms. The van der Waals surface area contributed by atoms with E-state index in [1.165, 1.54) is 38.5 Å². The average molecular weight is 225 g/mol. The van der Waals surface area contributed by atoms with Gasteiger partial charge in [0.05, 0.1) is 0 Å². The van der Waals surface area contributed by atoms with E-state index in [0.717, 1.165) is 13.0 Å². The molecule has 0 aliphatic heterocycles. The van der Waals surface area contributed by atoms with E-state index in [1.807, 2.05) is 0 Å². The second-order valence-electron chi connectivity index (χ2n) is 6.64. The molecule has 0 bridgehead atoms. The van der Waals surface area contributed by atoms with Crippen LogP contribution in [-0.4, -0.2) is 24.3 Å². The number of aliphatic hydroxyl groups is 1. The highest BCUT2D eigenvalue weighted by molar-refractivity contribution is 4.95. The Morgan fingerprint density at radius 2 is 1.94 bits per heavy atom. The second kappa shape index (κ2) is 4.66. The zero-order valence-corrected chi connectivity index (χ0v) is 10.9. The van der Waals surface area contributed by atoms with Crippen LogP contribution < -0.4 is 5.32 Å². The number of nitrogens with one attached hydrogen (secondary N) is 1. The van der Waals surface area contributed by atoms with Gasteiger partial charge < -0.3 is 10.4 Å². The fraction of sp³-hybridized carbons (Fsp3) is 1.00. The molecule has 1 atom stereocenters. The maximum atomic E-state index is 9.13. The fourth-order valence-electron chi connectivity index (χ4n) is 3.47. The van der Waals surface area contributed by atoms with Gasteiger partial charge in [-0.05, 0) is 42.9 Å². The van der Waals surface area contributed by atoms with E-state index in [2.05, 4.69) is 19.2 Å². The van der Waals surface area contributed by atoms with Gasteiger partial charge in [0.1, 0.15) is 0 Å². The molecular formula is C14H27NO. The van der Waals surface area contributed by atoms with Crippen LogP contribution in [0.2, 0.25) is 0 Å². The lowest BCUT2D eigenvalue weighted by molar-refractivity contribution is 0.0771. The topological polar surface area (TPSA) is 32.3 Å². The Balaban J connectivity index is 1.82. The Kier molecular flexibility index (Phi) is 3.60. The van der Waals surface area contributed by atoms with Gasteiger partial charge in [-0.1, -0.05) is 26.7 Å². The van der Waals surface area contributed by atoms with E-state index in [4.69, 9.17) is 5.11 Å². The molecule has 2 nitrogen and oxygen atoms in total. The van der Waals surface area contributed by atoms with Crippen LogP contribution in [0.15, 0.2) is 0 Å². The van der Waals surface area contributed by atoms with E-state index in [1.54, 1.807) is 0 Å². The van der Waals surface area contributed by atoms with E-state index in [-0.39, 0.29) is 0 Å². The SMILES string of the molecule is CC1(C)CCCC1NCC1(CCO)CCC1. The van der Waals surface area contributed by atoms with E-state index < -0.39 is 0 Å². The summed E-state index contributed by atoms with van der Waals surface area (Å²) in [5.74, 6) is 0. The van der Waals surface area contributed by atoms with Crippen molar-refractivity contribution in [1.29, 1.82) is 0 Å². The number of aliphatic hydroxyl groups excluding tert-OH is 1. The molecule has 0 aromatic heterocycles. The van der Waals surface area contributed by atoms with Crippen LogP contribution in [-0.2, 0) is 0 Å². The minimum absolute atomic E-state index is 0.357. The summed E-state index contributed by atoms with van der Waals surface area (Å²) < 4.78 is 0. The van der Waals surface area contributed by atoms with E-state index in [9.17, 15) is 0 Å². The minimum atomic E-state index is 0.357. The number of rotatable bonds is 5. The molecule has 0 spiro atoms. The van der Waals surface area contributed by atoms with Crippen LogP contribution in [0.25, 0.3) is 0 Å². The van der Waals surface area contributed by atoms with Gasteiger partial charge in [-0.3, -0.25) is 0 Å². The first-order valence-corrected chi connectivity index (χ1v) is 6.92. The molecular weight excluding hydrogens is 198 g/mol. The van der Waals surface area contributed by atoms with Crippen molar-refractivity contribution in [3.05, 3.63) is 0 Å². The third-order valence-corrected chi connectivity index (χ3v) is 5.04. The Bertz CT molecular complexity index is 233. The van der Waals surface area contributed by atoms with Crippen molar-refractivity contribution in [2.45, 2.75) is 64.8 Å². The summed E-state index contributed by atoms with van der Waals surface area (Å²) in [5, 5.41) is 12.9. The minimum Gasteiger partial charge on any atom is -0.396 e. The second-order valence-corrected chi connectivity index (χ2v) is 6.64. The van der Waals surface area contributed by atoms with Gasteiger partial charge in [-0.25, -0.2) is 0 Å². The summed E-state index contributed by atoms with van der Waals surface area (Å²) in [6.45, 7) is 6.26. The van der Waals surface area contributed by atoms with Crippen LogP contribution >= 0.6 is 0 Å². The van der Waals surface area contributed by atoms with Crippen molar-refractivity contribution in [3.8, 4) is 0 Å². The molecule has 0 saturated heterocycles. The summed E-state index contributed by atoms with van der Waals surface area (Å²) in [5.41, 5.74) is 0.914. The molecule has 0 radical (unpaired) electrons. The summed E-state index contributed by atoms with van der Waals surface area (Å²) in [6, 6.07) is 0.698. The third kappa shape index (κ3) is 2.43. The monoisotopic (exact) mass is 225 g/mol. The molecule has 16 heavy (non-hydrogen) atoms. The molecule has 1 unspecified atom stereocenters. The summed E-state index contributed by atoms with van der Waals surface area (Å²) in [6.07, 6.45) is 9.04. The van der Waals surface area contributed by atoms with Crippen LogP contribution in [0.5, 0.6) is 0 Å². The third-order valence-electron chi connectivity index (χ3n) is 5.04. The molecule has 0 heterocycles. The smallest absolute Gasteiger partial charge is 0.0436 e. The first-order chi connectivity index (χ1) is 7.58. The van der Waals surface area contributed by atoms with Crippen molar-refractivity contribution in [3.63, 3.8) is 0 Å². The molecule has 2 aliphatic rings. The summed E-state index contributed by atoms with van der Waals surface area (Å²) >= 11 is 0. The number of hydrogen-bond acceptors (Lipinski definition) is 2. The molecule has 0 aromatic carbocycles. The average Bonchev–Trinajstić information content (AvgIpc) is 2.50. The Labute approximate surface area is 99.8 Å². The molecule has 2 N–H and O–H groups in total. The lowest BCUT2D eigenvalue weighted by Crippen LogP contribution is -2.47. The highest BCUT2D eigenvalue weighted by atomic mass is 16.3. The van der Waals surface area contributed by atoms with Gasteiger partial charge >= 0.3 is 0 Å². The zero-order chi connectivity index (χ0) is 11.6. The predicted molar refractivity (Wildman–Crippen MR) is 67.4 cm³/mol. The maximum absolute atomic E-state index is 9.13. The van der Waals surface area contributed by atoms with Gasteiger partial charge in [-0.2, -0.15) is 0 Å².